The number of benzene rings is 1. The number of ether oxygens (including phenoxy) is 1. The van der Waals surface area contributed by atoms with Gasteiger partial charge in [-0.3, -0.25) is 9.69 Å². The molecule has 0 radical (unpaired) electrons. The summed E-state index contributed by atoms with van der Waals surface area (Å²) in [6, 6.07) is 10.1. The van der Waals surface area contributed by atoms with Gasteiger partial charge in [-0.15, -0.1) is 0 Å². The molecule has 4 rings (SSSR count). The third-order valence-electron chi connectivity index (χ3n) is 6.05. The van der Waals surface area contributed by atoms with Gasteiger partial charge in [0, 0.05) is 32.6 Å². The zero-order valence-corrected chi connectivity index (χ0v) is 15.0. The van der Waals surface area contributed by atoms with Crippen molar-refractivity contribution in [2.45, 2.75) is 56.5 Å². The van der Waals surface area contributed by atoms with Crippen LogP contribution in [0.25, 0.3) is 0 Å². The lowest BCUT2D eigenvalue weighted by atomic mass is 9.87. The molecular weight excluding hydrogens is 316 g/mol. The molecule has 2 spiro atoms. The molecule has 1 N–H and O–H groups in total. The molecule has 1 aliphatic carbocycles. The molecule has 5 heteroatoms. The molecule has 2 heterocycles. The number of aliphatic hydroxyl groups is 1. The number of carbonyl (C=O) groups excluding carboxylic acids is 1. The molecule has 1 aromatic carbocycles. The maximum Gasteiger partial charge on any atom is 0.254 e. The average Bonchev–Trinajstić information content (AvgIpc) is 3.40. The van der Waals surface area contributed by atoms with Crippen molar-refractivity contribution in [3.63, 3.8) is 0 Å². The smallest absolute Gasteiger partial charge is 0.254 e. The Hall–Kier alpha value is -1.43. The average molecular weight is 344 g/mol. The van der Waals surface area contributed by atoms with Crippen molar-refractivity contribution in [2.24, 2.45) is 0 Å². The molecule has 0 aromatic heterocycles. The first-order valence-electron chi connectivity index (χ1n) is 9.51. The van der Waals surface area contributed by atoms with Gasteiger partial charge in [-0.2, -0.15) is 0 Å². The number of aliphatic hydroxyl groups excluding tert-OH is 1. The van der Waals surface area contributed by atoms with Crippen LogP contribution >= 0.6 is 0 Å². The minimum atomic E-state index is -0.515. The summed E-state index contributed by atoms with van der Waals surface area (Å²) in [4.78, 5) is 16.6. The van der Waals surface area contributed by atoms with Gasteiger partial charge in [-0.1, -0.05) is 30.3 Å². The highest BCUT2D eigenvalue weighted by Gasteiger charge is 2.61. The van der Waals surface area contributed by atoms with Crippen LogP contribution in [0, 0.1) is 0 Å². The Morgan fingerprint density at radius 2 is 1.84 bits per heavy atom. The summed E-state index contributed by atoms with van der Waals surface area (Å²) in [7, 11) is 0. The Kier molecular flexibility index (Phi) is 4.34. The second-order valence-electron chi connectivity index (χ2n) is 7.81. The molecule has 1 unspecified atom stereocenters. The molecule has 25 heavy (non-hydrogen) atoms. The van der Waals surface area contributed by atoms with Crippen LogP contribution in [-0.2, 0) is 16.0 Å². The minimum absolute atomic E-state index is 0.187. The molecule has 136 valence electrons. The zero-order chi connectivity index (χ0) is 17.5. The van der Waals surface area contributed by atoms with E-state index < -0.39 is 11.8 Å². The summed E-state index contributed by atoms with van der Waals surface area (Å²) in [5.74, 6) is 0.187. The van der Waals surface area contributed by atoms with Crippen molar-refractivity contribution in [1.29, 1.82) is 0 Å². The number of hydrogen-bond acceptors (Lipinski definition) is 4. The zero-order valence-electron chi connectivity index (χ0n) is 15.0. The van der Waals surface area contributed by atoms with E-state index in [0.717, 1.165) is 50.9 Å². The standard InChI is InChI=1S/C20H28N2O3/c1-2-21-15-19(25-20(8-9-20)18(21)24)10-12-22(13-11-19)17(23)14-16-6-4-3-5-7-16/h3-7,17,23H,2,8-15H2,1H3. The van der Waals surface area contributed by atoms with Crippen LogP contribution in [0.5, 0.6) is 0 Å². The van der Waals surface area contributed by atoms with Gasteiger partial charge >= 0.3 is 0 Å². The highest BCUT2D eigenvalue weighted by Crippen LogP contribution is 2.49. The third-order valence-corrected chi connectivity index (χ3v) is 6.05. The van der Waals surface area contributed by atoms with Gasteiger partial charge in [-0.25, -0.2) is 0 Å². The summed E-state index contributed by atoms with van der Waals surface area (Å²) in [6.45, 7) is 5.14. The molecule has 2 aliphatic heterocycles. The third kappa shape index (κ3) is 3.21. The topological polar surface area (TPSA) is 53.0 Å². The van der Waals surface area contributed by atoms with Gasteiger partial charge in [-0.05, 0) is 38.2 Å². The first kappa shape index (κ1) is 17.0. The lowest BCUT2D eigenvalue weighted by Gasteiger charge is -2.50. The molecule has 5 nitrogen and oxygen atoms in total. The van der Waals surface area contributed by atoms with Crippen molar-refractivity contribution >= 4 is 5.91 Å². The van der Waals surface area contributed by atoms with E-state index in [-0.39, 0.29) is 11.5 Å². The van der Waals surface area contributed by atoms with Gasteiger partial charge in [0.1, 0.15) is 11.8 Å². The van der Waals surface area contributed by atoms with Gasteiger partial charge < -0.3 is 14.7 Å². The largest absolute Gasteiger partial charge is 0.378 e. The Morgan fingerprint density at radius 3 is 2.44 bits per heavy atom. The molecule has 1 amide bonds. The van der Waals surface area contributed by atoms with E-state index >= 15 is 0 Å². The first-order chi connectivity index (χ1) is 12.1. The van der Waals surface area contributed by atoms with E-state index in [1.54, 1.807) is 0 Å². The van der Waals surface area contributed by atoms with Crippen molar-refractivity contribution in [3.8, 4) is 0 Å². The number of rotatable bonds is 4. The highest BCUT2D eigenvalue weighted by molar-refractivity contribution is 5.89. The maximum absolute atomic E-state index is 12.5. The fraction of sp³-hybridized carbons (Fsp3) is 0.650. The van der Waals surface area contributed by atoms with Crippen LogP contribution in [0.4, 0.5) is 0 Å². The normalized spacial score (nSPS) is 26.2. The summed E-state index contributed by atoms with van der Waals surface area (Å²) in [5, 5.41) is 10.6. The summed E-state index contributed by atoms with van der Waals surface area (Å²) >= 11 is 0. The molecule has 1 aromatic rings. The van der Waals surface area contributed by atoms with Crippen LogP contribution in [0.3, 0.4) is 0 Å². The predicted molar refractivity (Wildman–Crippen MR) is 95.0 cm³/mol. The summed E-state index contributed by atoms with van der Waals surface area (Å²) in [6.07, 6.45) is 3.68. The van der Waals surface area contributed by atoms with Gasteiger partial charge in [0.2, 0.25) is 0 Å². The minimum Gasteiger partial charge on any atom is -0.378 e. The van der Waals surface area contributed by atoms with Gasteiger partial charge in [0.25, 0.3) is 5.91 Å². The Morgan fingerprint density at radius 1 is 1.16 bits per heavy atom. The Labute approximate surface area is 149 Å². The molecule has 3 fully saturated rings. The summed E-state index contributed by atoms with van der Waals surface area (Å²) in [5.41, 5.74) is 0.423. The number of nitrogens with zero attached hydrogens (tertiary/aromatic N) is 2. The quantitative estimate of drug-likeness (QED) is 0.905. The van der Waals surface area contributed by atoms with Crippen LogP contribution < -0.4 is 0 Å². The van der Waals surface area contributed by atoms with Crippen LogP contribution in [0.15, 0.2) is 30.3 Å². The first-order valence-corrected chi connectivity index (χ1v) is 9.51. The van der Waals surface area contributed by atoms with E-state index in [4.69, 9.17) is 4.74 Å². The lowest BCUT2D eigenvalue weighted by Crippen LogP contribution is -2.63. The second-order valence-corrected chi connectivity index (χ2v) is 7.81. The molecule has 2 saturated heterocycles. The summed E-state index contributed by atoms with van der Waals surface area (Å²) < 4.78 is 6.40. The van der Waals surface area contributed by atoms with E-state index in [0.29, 0.717) is 13.0 Å². The van der Waals surface area contributed by atoms with Crippen LogP contribution in [0.1, 0.15) is 38.2 Å². The molecule has 0 bridgehead atoms. The van der Waals surface area contributed by atoms with E-state index in [1.807, 2.05) is 30.0 Å². The number of likely N-dealkylation sites (N-methyl/N-ethyl adjacent to an activating group) is 1. The van der Waals surface area contributed by atoms with Crippen molar-refractivity contribution in [3.05, 3.63) is 35.9 Å². The molecule has 1 atom stereocenters. The van der Waals surface area contributed by atoms with Crippen LogP contribution in [-0.4, -0.2) is 64.4 Å². The van der Waals surface area contributed by atoms with E-state index in [9.17, 15) is 9.90 Å². The van der Waals surface area contributed by atoms with Crippen molar-refractivity contribution in [1.82, 2.24) is 9.80 Å². The highest BCUT2D eigenvalue weighted by atomic mass is 16.5. The second kappa shape index (κ2) is 6.38. The lowest BCUT2D eigenvalue weighted by molar-refractivity contribution is -0.204. The molecule has 3 aliphatic rings. The predicted octanol–water partition coefficient (Wildman–Crippen LogP) is 1.79. The molecule has 1 saturated carbocycles. The van der Waals surface area contributed by atoms with Crippen molar-refractivity contribution in [2.75, 3.05) is 26.2 Å². The number of amides is 1. The fourth-order valence-electron chi connectivity index (χ4n) is 4.33. The van der Waals surface area contributed by atoms with E-state index in [1.165, 1.54) is 0 Å². The SMILES string of the molecule is CCN1CC2(CCN(C(O)Cc3ccccc3)CC2)OC2(CC2)C1=O. The number of likely N-dealkylation sites (tertiary alicyclic amines) is 1. The van der Waals surface area contributed by atoms with Crippen LogP contribution in [0.2, 0.25) is 0 Å². The van der Waals surface area contributed by atoms with Gasteiger partial charge in [0.05, 0.1) is 5.60 Å². The number of carbonyl (C=O) groups is 1. The Bertz CT molecular complexity index is 621. The fourth-order valence-corrected chi connectivity index (χ4v) is 4.33. The number of hydrogen-bond donors (Lipinski definition) is 1. The maximum atomic E-state index is 12.5. The Balaban J connectivity index is 1.38. The van der Waals surface area contributed by atoms with E-state index in [2.05, 4.69) is 17.0 Å². The number of morpholine rings is 1. The van der Waals surface area contributed by atoms with Crippen molar-refractivity contribution < 1.29 is 14.6 Å². The van der Waals surface area contributed by atoms with Gasteiger partial charge in [0.15, 0.2) is 0 Å². The monoisotopic (exact) mass is 344 g/mol. The number of piperidine rings is 1. The molecular formula is C20H28N2O3.